The minimum atomic E-state index is -0.200. The zero-order valence-electron chi connectivity index (χ0n) is 20.0. The fourth-order valence-electron chi connectivity index (χ4n) is 4.68. The number of benzene rings is 2. The molecular weight excluding hydrogens is 456 g/mol. The molecule has 0 radical (unpaired) electrons. The first-order valence-corrected chi connectivity index (χ1v) is 12.1. The molecule has 10 nitrogen and oxygen atoms in total. The summed E-state index contributed by atoms with van der Waals surface area (Å²) in [6.45, 7) is 7.26. The fraction of sp³-hybridized carbons (Fsp3) is 0.269. The molecular formula is C26H28N8O2. The second kappa shape index (κ2) is 9.14. The number of ketones is 1. The van der Waals surface area contributed by atoms with Gasteiger partial charge in [-0.05, 0) is 43.3 Å². The zero-order valence-corrected chi connectivity index (χ0v) is 20.0. The van der Waals surface area contributed by atoms with Crippen molar-refractivity contribution in [3.8, 4) is 5.69 Å². The van der Waals surface area contributed by atoms with Crippen molar-refractivity contribution in [2.24, 2.45) is 0 Å². The van der Waals surface area contributed by atoms with Crippen molar-refractivity contribution in [2.45, 2.75) is 6.92 Å². The van der Waals surface area contributed by atoms with E-state index in [2.05, 4.69) is 30.3 Å². The molecule has 0 spiro atoms. The second-order valence-corrected chi connectivity index (χ2v) is 9.07. The van der Waals surface area contributed by atoms with Gasteiger partial charge in [-0.2, -0.15) is 5.10 Å². The Kier molecular flexibility index (Phi) is 5.67. The van der Waals surface area contributed by atoms with Crippen LogP contribution in [0.15, 0.2) is 48.7 Å². The van der Waals surface area contributed by atoms with Crippen molar-refractivity contribution in [2.75, 3.05) is 50.4 Å². The van der Waals surface area contributed by atoms with Crippen molar-refractivity contribution in [3.05, 3.63) is 65.7 Å². The number of carbonyl (C=O) groups is 1. The molecule has 1 saturated heterocycles. The van der Waals surface area contributed by atoms with Gasteiger partial charge < -0.3 is 25.8 Å². The number of anilines is 2. The Morgan fingerprint density at radius 2 is 1.97 bits per heavy atom. The first-order valence-electron chi connectivity index (χ1n) is 12.1. The van der Waals surface area contributed by atoms with Gasteiger partial charge in [-0.15, -0.1) is 0 Å². The molecule has 5 N–H and O–H groups in total. The van der Waals surface area contributed by atoms with Gasteiger partial charge in [0, 0.05) is 42.8 Å². The largest absolute Gasteiger partial charge is 0.384 e. The molecule has 0 bridgehead atoms. The number of carbonyl (C=O) groups excluding carboxylic acids is 1. The SMILES string of the molecule is Cc1nc2cc(-n3ncc(C(=O)c4cc5ccc(NCCN6CCOCC6)cc5[nH]4)c3N)ccc2[nH]1. The first kappa shape index (κ1) is 22.3. The highest BCUT2D eigenvalue weighted by Gasteiger charge is 2.20. The Morgan fingerprint density at radius 3 is 2.83 bits per heavy atom. The molecule has 0 atom stereocenters. The molecule has 0 aliphatic carbocycles. The van der Waals surface area contributed by atoms with E-state index >= 15 is 0 Å². The molecule has 1 aliphatic heterocycles. The molecule has 1 fully saturated rings. The number of nitrogens with one attached hydrogen (secondary N) is 3. The van der Waals surface area contributed by atoms with Gasteiger partial charge in [0.2, 0.25) is 5.78 Å². The van der Waals surface area contributed by atoms with Gasteiger partial charge in [0.1, 0.15) is 11.6 Å². The summed E-state index contributed by atoms with van der Waals surface area (Å²) < 4.78 is 6.97. The highest BCUT2D eigenvalue weighted by molar-refractivity contribution is 6.12. The maximum absolute atomic E-state index is 13.3. The van der Waals surface area contributed by atoms with Crippen LogP contribution in [-0.4, -0.2) is 74.8 Å². The van der Waals surface area contributed by atoms with E-state index in [1.54, 1.807) is 4.68 Å². The van der Waals surface area contributed by atoms with Crippen LogP contribution in [0.1, 0.15) is 21.9 Å². The molecule has 6 rings (SSSR count). The Balaban J connectivity index is 1.19. The van der Waals surface area contributed by atoms with Crippen LogP contribution in [0.25, 0.3) is 27.6 Å². The molecule has 36 heavy (non-hydrogen) atoms. The van der Waals surface area contributed by atoms with Crippen LogP contribution >= 0.6 is 0 Å². The summed E-state index contributed by atoms with van der Waals surface area (Å²) in [5.41, 5.74) is 11.6. The smallest absolute Gasteiger partial charge is 0.214 e. The number of aromatic nitrogens is 5. The first-order chi connectivity index (χ1) is 17.5. The van der Waals surface area contributed by atoms with Gasteiger partial charge in [-0.25, -0.2) is 9.67 Å². The molecule has 1 aliphatic rings. The topological polar surface area (TPSA) is 130 Å². The molecule has 3 aromatic heterocycles. The summed E-state index contributed by atoms with van der Waals surface area (Å²) in [7, 11) is 0. The number of imidazole rings is 1. The van der Waals surface area contributed by atoms with E-state index < -0.39 is 0 Å². The van der Waals surface area contributed by atoms with Crippen LogP contribution in [0, 0.1) is 6.92 Å². The van der Waals surface area contributed by atoms with E-state index in [0.717, 1.165) is 78.5 Å². The maximum Gasteiger partial charge on any atom is 0.214 e. The van der Waals surface area contributed by atoms with Gasteiger partial charge in [0.25, 0.3) is 0 Å². The van der Waals surface area contributed by atoms with Crippen molar-refractivity contribution < 1.29 is 9.53 Å². The minimum absolute atomic E-state index is 0.200. The Bertz CT molecular complexity index is 1560. The van der Waals surface area contributed by atoms with E-state index in [1.807, 2.05) is 49.4 Å². The van der Waals surface area contributed by atoms with E-state index in [4.69, 9.17) is 10.5 Å². The number of hydrogen-bond acceptors (Lipinski definition) is 7. The summed E-state index contributed by atoms with van der Waals surface area (Å²) in [4.78, 5) is 26.6. The summed E-state index contributed by atoms with van der Waals surface area (Å²) in [5, 5.41) is 8.82. The highest BCUT2D eigenvalue weighted by atomic mass is 16.5. The Labute approximate surface area is 207 Å². The second-order valence-electron chi connectivity index (χ2n) is 9.07. The predicted molar refractivity (Wildman–Crippen MR) is 140 cm³/mol. The third-order valence-electron chi connectivity index (χ3n) is 6.61. The number of nitrogens with zero attached hydrogens (tertiary/aromatic N) is 4. The monoisotopic (exact) mass is 484 g/mol. The van der Waals surface area contributed by atoms with E-state index in [9.17, 15) is 4.79 Å². The number of H-pyrrole nitrogens is 2. The van der Waals surface area contributed by atoms with Crippen molar-refractivity contribution in [3.63, 3.8) is 0 Å². The lowest BCUT2D eigenvalue weighted by atomic mass is 10.1. The number of aryl methyl sites for hydroxylation is 1. The standard InChI is InChI=1S/C26H28N8O2/c1-16-30-21-5-4-19(14-23(21)31-16)34-26(27)20(15-29-34)25(35)24-12-17-2-3-18(13-22(17)32-24)28-6-7-33-8-10-36-11-9-33/h2-5,12-15,28,32H,6-11,27H2,1H3,(H,30,31). The molecule has 4 heterocycles. The number of aromatic amines is 2. The average molecular weight is 485 g/mol. The van der Waals surface area contributed by atoms with Gasteiger partial charge >= 0.3 is 0 Å². The minimum Gasteiger partial charge on any atom is -0.384 e. The molecule has 2 aromatic carbocycles. The number of fused-ring (bicyclic) bond motifs is 2. The quantitative estimate of drug-likeness (QED) is 0.261. The molecule has 0 saturated carbocycles. The van der Waals surface area contributed by atoms with E-state index in [1.165, 1.54) is 6.20 Å². The highest BCUT2D eigenvalue weighted by Crippen LogP contribution is 2.25. The number of nitrogen functional groups attached to an aromatic ring is 1. The lowest BCUT2D eigenvalue weighted by Crippen LogP contribution is -2.38. The lowest BCUT2D eigenvalue weighted by molar-refractivity contribution is 0.0398. The van der Waals surface area contributed by atoms with Crippen LogP contribution in [0.4, 0.5) is 11.5 Å². The van der Waals surface area contributed by atoms with Crippen LogP contribution in [0.5, 0.6) is 0 Å². The molecule has 5 aromatic rings. The van der Waals surface area contributed by atoms with Crippen LogP contribution < -0.4 is 11.1 Å². The normalized spacial score (nSPS) is 14.6. The summed E-state index contributed by atoms with van der Waals surface area (Å²) in [6.07, 6.45) is 1.52. The van der Waals surface area contributed by atoms with Gasteiger partial charge in [0.05, 0.1) is 47.4 Å². The number of hydrogen-bond donors (Lipinski definition) is 4. The molecule has 184 valence electrons. The van der Waals surface area contributed by atoms with Gasteiger partial charge in [-0.3, -0.25) is 9.69 Å². The Hall–Kier alpha value is -4.15. The number of morpholine rings is 1. The maximum atomic E-state index is 13.3. The van der Waals surface area contributed by atoms with Crippen molar-refractivity contribution in [1.29, 1.82) is 0 Å². The molecule has 0 amide bonds. The van der Waals surface area contributed by atoms with E-state index in [-0.39, 0.29) is 11.6 Å². The van der Waals surface area contributed by atoms with Crippen LogP contribution in [0.2, 0.25) is 0 Å². The van der Waals surface area contributed by atoms with Gasteiger partial charge in [-0.1, -0.05) is 6.07 Å². The van der Waals surface area contributed by atoms with Gasteiger partial charge in [0.15, 0.2) is 0 Å². The third kappa shape index (κ3) is 4.21. The van der Waals surface area contributed by atoms with Crippen LogP contribution in [-0.2, 0) is 4.74 Å². The van der Waals surface area contributed by atoms with Crippen molar-refractivity contribution in [1.82, 2.24) is 29.6 Å². The fourth-order valence-corrected chi connectivity index (χ4v) is 4.68. The summed E-state index contributed by atoms with van der Waals surface area (Å²) in [6, 6.07) is 13.6. The summed E-state index contributed by atoms with van der Waals surface area (Å²) >= 11 is 0. The number of nitrogens with two attached hydrogens (primary N) is 1. The summed E-state index contributed by atoms with van der Waals surface area (Å²) in [5.74, 6) is 0.921. The number of ether oxygens (including phenoxy) is 1. The average Bonchev–Trinajstić information content (AvgIpc) is 3.59. The van der Waals surface area contributed by atoms with Crippen LogP contribution in [0.3, 0.4) is 0 Å². The predicted octanol–water partition coefficient (Wildman–Crippen LogP) is 3.10. The Morgan fingerprint density at radius 1 is 1.11 bits per heavy atom. The number of rotatable bonds is 7. The van der Waals surface area contributed by atoms with E-state index in [0.29, 0.717) is 11.3 Å². The third-order valence-corrected chi connectivity index (χ3v) is 6.61. The zero-order chi connectivity index (χ0) is 24.6. The van der Waals surface area contributed by atoms with Crippen molar-refractivity contribution >= 4 is 39.2 Å². The lowest BCUT2D eigenvalue weighted by Gasteiger charge is -2.26. The molecule has 10 heteroatoms. The molecule has 0 unspecified atom stereocenters.